The Labute approximate surface area is 97.8 Å². The van der Waals surface area contributed by atoms with Gasteiger partial charge in [0.05, 0.1) is 24.7 Å². The van der Waals surface area contributed by atoms with Gasteiger partial charge in [-0.15, -0.1) is 0 Å². The summed E-state index contributed by atoms with van der Waals surface area (Å²) < 4.78 is 10.7. The first kappa shape index (κ1) is 11.5. The molecule has 0 spiro atoms. The summed E-state index contributed by atoms with van der Waals surface area (Å²) in [5, 5.41) is 9.49. The van der Waals surface area contributed by atoms with Crippen LogP contribution in [-0.2, 0) is 11.2 Å². The molecule has 0 bridgehead atoms. The fourth-order valence-electron chi connectivity index (χ4n) is 1.70. The summed E-state index contributed by atoms with van der Waals surface area (Å²) in [6.07, 6.45) is 1.66. The molecule has 0 fully saturated rings. The third-order valence-electron chi connectivity index (χ3n) is 2.37. The summed E-state index contributed by atoms with van der Waals surface area (Å²) >= 11 is 0. The Morgan fingerprint density at radius 2 is 2.24 bits per heavy atom. The van der Waals surface area contributed by atoms with Crippen molar-refractivity contribution < 1.29 is 19.1 Å². The molecule has 0 unspecified atom stereocenters. The van der Waals surface area contributed by atoms with Crippen molar-refractivity contribution in [1.29, 1.82) is 0 Å². The summed E-state index contributed by atoms with van der Waals surface area (Å²) in [5.74, 6) is 0.211. The summed E-state index contributed by atoms with van der Waals surface area (Å²) in [4.78, 5) is 10.9. The fraction of sp³-hybridized carbons (Fsp3) is 0.250. The van der Waals surface area contributed by atoms with Crippen LogP contribution in [0.4, 0.5) is 0 Å². The van der Waals surface area contributed by atoms with Gasteiger partial charge in [0, 0.05) is 5.56 Å². The van der Waals surface area contributed by atoms with Gasteiger partial charge in [-0.2, -0.15) is 0 Å². The average Bonchev–Trinajstić information content (AvgIpc) is 2.77. The van der Waals surface area contributed by atoms with Crippen LogP contribution in [0.5, 0.6) is 5.75 Å². The van der Waals surface area contributed by atoms with Gasteiger partial charge in [0.2, 0.25) is 5.91 Å². The molecule has 90 valence electrons. The van der Waals surface area contributed by atoms with Crippen molar-refractivity contribution in [3.05, 3.63) is 30.0 Å². The zero-order valence-electron chi connectivity index (χ0n) is 9.18. The van der Waals surface area contributed by atoms with E-state index in [0.717, 1.165) is 10.9 Å². The normalized spacial score (nSPS) is 10.6. The number of carbonyl (C=O) groups excluding carboxylic acids is 1. The maximum absolute atomic E-state index is 10.9. The number of aliphatic hydroxyl groups is 1. The van der Waals surface area contributed by atoms with E-state index in [2.05, 4.69) is 0 Å². The van der Waals surface area contributed by atoms with Crippen LogP contribution < -0.4 is 10.5 Å². The van der Waals surface area contributed by atoms with E-state index < -0.39 is 5.91 Å². The number of carbonyl (C=O) groups is 1. The lowest BCUT2D eigenvalue weighted by atomic mass is 10.1. The lowest BCUT2D eigenvalue weighted by Crippen LogP contribution is -2.13. The monoisotopic (exact) mass is 235 g/mol. The molecule has 0 aliphatic carbocycles. The molecule has 1 heterocycles. The fourth-order valence-corrected chi connectivity index (χ4v) is 1.70. The van der Waals surface area contributed by atoms with Crippen LogP contribution in [0.25, 0.3) is 11.0 Å². The molecule has 0 radical (unpaired) electrons. The van der Waals surface area contributed by atoms with Crippen LogP contribution in [0.2, 0.25) is 0 Å². The van der Waals surface area contributed by atoms with Gasteiger partial charge in [-0.25, -0.2) is 0 Å². The highest BCUT2D eigenvalue weighted by Gasteiger charge is 2.11. The number of primary amides is 1. The van der Waals surface area contributed by atoms with Gasteiger partial charge in [0.25, 0.3) is 0 Å². The van der Waals surface area contributed by atoms with Gasteiger partial charge in [0.15, 0.2) is 0 Å². The highest BCUT2D eigenvalue weighted by Crippen LogP contribution is 2.29. The molecule has 1 aromatic carbocycles. The van der Waals surface area contributed by atoms with Crippen molar-refractivity contribution in [3.63, 3.8) is 0 Å². The van der Waals surface area contributed by atoms with E-state index in [4.69, 9.17) is 20.0 Å². The highest BCUT2D eigenvalue weighted by atomic mass is 16.5. The van der Waals surface area contributed by atoms with E-state index in [1.165, 1.54) is 6.26 Å². The van der Waals surface area contributed by atoms with E-state index in [9.17, 15) is 4.79 Å². The quantitative estimate of drug-likeness (QED) is 0.803. The van der Waals surface area contributed by atoms with Gasteiger partial charge in [-0.05, 0) is 12.1 Å². The lowest BCUT2D eigenvalue weighted by Gasteiger charge is -2.07. The number of benzene rings is 1. The lowest BCUT2D eigenvalue weighted by molar-refractivity contribution is -0.117. The van der Waals surface area contributed by atoms with Crippen LogP contribution in [-0.4, -0.2) is 24.2 Å². The Morgan fingerprint density at radius 3 is 2.94 bits per heavy atom. The third kappa shape index (κ3) is 2.39. The molecule has 3 N–H and O–H groups in total. The zero-order chi connectivity index (χ0) is 12.3. The van der Waals surface area contributed by atoms with Crippen LogP contribution in [0, 0.1) is 0 Å². The van der Waals surface area contributed by atoms with E-state index in [0.29, 0.717) is 11.3 Å². The zero-order valence-corrected chi connectivity index (χ0v) is 9.18. The Bertz CT molecular complexity index is 532. The number of amides is 1. The van der Waals surface area contributed by atoms with E-state index in [1.54, 1.807) is 18.2 Å². The Hall–Kier alpha value is -2.01. The average molecular weight is 235 g/mol. The predicted octanol–water partition coefficient (Wildman–Crippen LogP) is 0.832. The molecule has 0 saturated carbocycles. The Morgan fingerprint density at radius 1 is 1.41 bits per heavy atom. The SMILES string of the molecule is NC(=O)Cc1ccc(OCCO)c2ccoc12. The second-order valence-electron chi connectivity index (χ2n) is 3.60. The molecular formula is C12H13NO4. The first-order valence-corrected chi connectivity index (χ1v) is 5.23. The van der Waals surface area contributed by atoms with Crippen LogP contribution in [0.3, 0.4) is 0 Å². The highest BCUT2D eigenvalue weighted by molar-refractivity contribution is 5.90. The van der Waals surface area contributed by atoms with Gasteiger partial charge in [-0.1, -0.05) is 6.07 Å². The van der Waals surface area contributed by atoms with Crippen molar-refractivity contribution in [2.24, 2.45) is 5.73 Å². The van der Waals surface area contributed by atoms with E-state index in [-0.39, 0.29) is 19.6 Å². The first-order valence-electron chi connectivity index (χ1n) is 5.23. The van der Waals surface area contributed by atoms with Gasteiger partial charge < -0.3 is 20.0 Å². The maximum atomic E-state index is 10.9. The molecule has 1 aromatic heterocycles. The summed E-state index contributed by atoms with van der Waals surface area (Å²) in [5.41, 5.74) is 6.48. The summed E-state index contributed by atoms with van der Waals surface area (Å²) in [6, 6.07) is 5.24. The first-order chi connectivity index (χ1) is 8.22. The van der Waals surface area contributed by atoms with Gasteiger partial charge in [-0.3, -0.25) is 4.79 Å². The summed E-state index contributed by atoms with van der Waals surface area (Å²) in [6.45, 7) is 0.165. The molecular weight excluding hydrogens is 222 g/mol. The predicted molar refractivity (Wildman–Crippen MR) is 61.7 cm³/mol. The van der Waals surface area contributed by atoms with Crippen molar-refractivity contribution in [1.82, 2.24) is 0 Å². The molecule has 5 heteroatoms. The summed E-state index contributed by atoms with van der Waals surface area (Å²) in [7, 11) is 0. The number of hydrogen-bond donors (Lipinski definition) is 2. The number of ether oxygens (including phenoxy) is 1. The molecule has 17 heavy (non-hydrogen) atoms. The molecule has 2 rings (SSSR count). The topological polar surface area (TPSA) is 85.7 Å². The number of furan rings is 1. The van der Waals surface area contributed by atoms with E-state index in [1.807, 2.05) is 0 Å². The van der Waals surface area contributed by atoms with Crippen LogP contribution in [0.15, 0.2) is 28.9 Å². The number of nitrogens with two attached hydrogens (primary N) is 1. The minimum Gasteiger partial charge on any atom is -0.490 e. The second-order valence-corrected chi connectivity index (χ2v) is 3.60. The van der Waals surface area contributed by atoms with Crippen LogP contribution >= 0.6 is 0 Å². The number of hydrogen-bond acceptors (Lipinski definition) is 4. The van der Waals surface area contributed by atoms with Crippen molar-refractivity contribution in [2.45, 2.75) is 6.42 Å². The van der Waals surface area contributed by atoms with Crippen molar-refractivity contribution >= 4 is 16.9 Å². The Kier molecular flexibility index (Phi) is 3.30. The largest absolute Gasteiger partial charge is 0.490 e. The molecule has 0 aliphatic rings. The standard InChI is InChI=1S/C12H13NO4/c13-11(15)7-8-1-2-10(16-6-4-14)9-3-5-17-12(8)9/h1-3,5,14H,4,6-7H2,(H2,13,15). The second kappa shape index (κ2) is 4.88. The van der Waals surface area contributed by atoms with Crippen molar-refractivity contribution in [2.75, 3.05) is 13.2 Å². The molecule has 0 aliphatic heterocycles. The number of rotatable bonds is 5. The van der Waals surface area contributed by atoms with Crippen LogP contribution in [0.1, 0.15) is 5.56 Å². The number of aliphatic hydroxyl groups excluding tert-OH is 1. The molecule has 0 atom stereocenters. The van der Waals surface area contributed by atoms with Gasteiger partial charge >= 0.3 is 0 Å². The minimum atomic E-state index is -0.410. The van der Waals surface area contributed by atoms with Crippen molar-refractivity contribution in [3.8, 4) is 5.75 Å². The third-order valence-corrected chi connectivity index (χ3v) is 2.37. The van der Waals surface area contributed by atoms with E-state index >= 15 is 0 Å². The molecule has 5 nitrogen and oxygen atoms in total. The number of fused-ring (bicyclic) bond motifs is 1. The maximum Gasteiger partial charge on any atom is 0.221 e. The molecule has 1 amide bonds. The smallest absolute Gasteiger partial charge is 0.221 e. The molecule has 2 aromatic rings. The molecule has 0 saturated heterocycles. The minimum absolute atomic E-state index is 0.0532. The van der Waals surface area contributed by atoms with Gasteiger partial charge in [0.1, 0.15) is 17.9 Å². The Balaban J connectivity index is 2.39.